The molecule has 0 saturated carbocycles. The maximum Gasteiger partial charge on any atom is 0.348 e. The SMILES string of the molecule is CCOP(=O)(c1ccc(C)cc1C)N(CC1CCOCC1)c1cc(-c2ccc(-c3cc4ncccc4o3)cc2)sc1C(=O)O. The highest BCUT2D eigenvalue weighted by Gasteiger charge is 2.40. The van der Waals surface area contributed by atoms with Crippen molar-refractivity contribution in [2.45, 2.75) is 33.6 Å². The summed E-state index contributed by atoms with van der Waals surface area (Å²) < 4.78 is 34.7. The van der Waals surface area contributed by atoms with E-state index in [-0.39, 0.29) is 17.4 Å². The summed E-state index contributed by atoms with van der Waals surface area (Å²) in [5.74, 6) is -0.189. The van der Waals surface area contributed by atoms with E-state index in [1.807, 2.05) is 87.5 Å². The summed E-state index contributed by atoms with van der Waals surface area (Å²) in [5.41, 5.74) is 5.55. The first-order valence-electron chi connectivity index (χ1n) is 14.8. The Morgan fingerprint density at radius 2 is 1.82 bits per heavy atom. The number of hydrogen-bond acceptors (Lipinski definition) is 7. The van der Waals surface area contributed by atoms with Crippen LogP contribution in [-0.4, -0.2) is 42.4 Å². The van der Waals surface area contributed by atoms with Crippen molar-refractivity contribution in [2.24, 2.45) is 5.92 Å². The average molecular weight is 631 g/mol. The van der Waals surface area contributed by atoms with Crippen LogP contribution in [-0.2, 0) is 13.8 Å². The molecule has 1 unspecified atom stereocenters. The first-order valence-corrected chi connectivity index (χ1v) is 17.2. The average Bonchev–Trinajstić information content (AvgIpc) is 3.66. The largest absolute Gasteiger partial charge is 0.477 e. The molecule has 4 heterocycles. The second kappa shape index (κ2) is 12.7. The van der Waals surface area contributed by atoms with E-state index >= 15 is 4.57 Å². The van der Waals surface area contributed by atoms with Crippen molar-refractivity contribution in [3.8, 4) is 21.8 Å². The van der Waals surface area contributed by atoms with E-state index in [0.717, 1.165) is 45.5 Å². The second-order valence-electron chi connectivity index (χ2n) is 11.1. The van der Waals surface area contributed by atoms with Crippen LogP contribution in [0.25, 0.3) is 32.9 Å². The maximum atomic E-state index is 15.2. The maximum absolute atomic E-state index is 15.2. The summed E-state index contributed by atoms with van der Waals surface area (Å²) in [4.78, 5) is 18.0. The van der Waals surface area contributed by atoms with Gasteiger partial charge in [-0.05, 0) is 74.9 Å². The van der Waals surface area contributed by atoms with Crippen LogP contribution in [0.5, 0.6) is 0 Å². The van der Waals surface area contributed by atoms with Crippen LogP contribution in [0.15, 0.2) is 77.3 Å². The van der Waals surface area contributed by atoms with Gasteiger partial charge in [0.15, 0.2) is 5.58 Å². The molecule has 1 saturated heterocycles. The summed E-state index contributed by atoms with van der Waals surface area (Å²) in [7, 11) is -3.72. The smallest absolute Gasteiger partial charge is 0.348 e. The molecule has 1 aliphatic heterocycles. The van der Waals surface area contributed by atoms with Gasteiger partial charge < -0.3 is 18.8 Å². The number of rotatable bonds is 10. The fraction of sp³-hybridized carbons (Fsp3) is 0.294. The quantitative estimate of drug-likeness (QED) is 0.154. The highest BCUT2D eigenvalue weighted by molar-refractivity contribution is 7.68. The molecule has 2 aromatic carbocycles. The van der Waals surface area contributed by atoms with Crippen molar-refractivity contribution in [1.82, 2.24) is 4.98 Å². The monoisotopic (exact) mass is 630 g/mol. The zero-order valence-electron chi connectivity index (χ0n) is 25.0. The predicted molar refractivity (Wildman–Crippen MR) is 175 cm³/mol. The summed E-state index contributed by atoms with van der Waals surface area (Å²) in [5, 5.41) is 11.0. The van der Waals surface area contributed by atoms with Gasteiger partial charge in [-0.15, -0.1) is 11.3 Å². The Balaban J connectivity index is 1.43. The first-order chi connectivity index (χ1) is 21.3. The van der Waals surface area contributed by atoms with Gasteiger partial charge >= 0.3 is 13.5 Å². The van der Waals surface area contributed by atoms with Crippen LogP contribution in [0.4, 0.5) is 5.69 Å². The minimum absolute atomic E-state index is 0.129. The van der Waals surface area contributed by atoms with E-state index in [0.29, 0.717) is 42.1 Å². The van der Waals surface area contributed by atoms with Gasteiger partial charge in [0.2, 0.25) is 0 Å². The summed E-state index contributed by atoms with van der Waals surface area (Å²) >= 11 is 1.18. The number of furan rings is 1. The second-order valence-corrected chi connectivity index (χ2v) is 14.4. The molecule has 6 rings (SSSR count). The van der Waals surface area contributed by atoms with E-state index in [1.165, 1.54) is 11.3 Å². The van der Waals surface area contributed by atoms with E-state index < -0.39 is 13.5 Å². The molecule has 5 aromatic rings. The highest BCUT2D eigenvalue weighted by Crippen LogP contribution is 2.56. The molecule has 0 radical (unpaired) electrons. The number of nitrogens with zero attached hydrogens (tertiary/aromatic N) is 2. The molecule has 44 heavy (non-hydrogen) atoms. The summed E-state index contributed by atoms with van der Waals surface area (Å²) in [6.45, 7) is 7.59. The molecule has 10 heteroatoms. The van der Waals surface area contributed by atoms with Crippen molar-refractivity contribution in [3.63, 3.8) is 0 Å². The van der Waals surface area contributed by atoms with Gasteiger partial charge in [0.25, 0.3) is 0 Å². The van der Waals surface area contributed by atoms with Gasteiger partial charge in [-0.1, -0.05) is 42.0 Å². The molecule has 0 bridgehead atoms. The van der Waals surface area contributed by atoms with Crippen LogP contribution in [0.1, 0.15) is 40.6 Å². The fourth-order valence-corrected chi connectivity index (χ4v) is 9.39. The Morgan fingerprint density at radius 1 is 1.07 bits per heavy atom. The van der Waals surface area contributed by atoms with Gasteiger partial charge in [-0.3, -0.25) is 14.2 Å². The van der Waals surface area contributed by atoms with Gasteiger partial charge in [-0.2, -0.15) is 0 Å². The molecular formula is C34H35N2O6PS. The standard InChI is InChI=1S/C34H35N2O6PS/c1-4-41-43(39,31-12-7-22(2)18-23(31)3)36(21-24-13-16-40-17-14-24)28-20-32(44-33(28)34(37)38)26-10-8-25(9-11-26)30-19-27-29(42-30)6-5-15-35-27/h5-12,15,18-20,24H,4,13-14,16-17,21H2,1-3H3,(H,37,38). The number of ether oxygens (including phenoxy) is 1. The lowest BCUT2D eigenvalue weighted by Crippen LogP contribution is -2.35. The van der Waals surface area contributed by atoms with E-state index in [9.17, 15) is 9.90 Å². The van der Waals surface area contributed by atoms with Gasteiger partial charge in [-0.25, -0.2) is 4.79 Å². The van der Waals surface area contributed by atoms with E-state index in [1.54, 1.807) is 10.9 Å². The molecule has 1 atom stereocenters. The molecule has 0 aliphatic carbocycles. The Hall–Kier alpha value is -3.75. The van der Waals surface area contributed by atoms with Gasteiger partial charge in [0, 0.05) is 42.5 Å². The zero-order valence-corrected chi connectivity index (χ0v) is 26.7. The number of aromatic carboxylic acids is 1. The van der Waals surface area contributed by atoms with Crippen molar-refractivity contribution < 1.29 is 28.1 Å². The molecule has 0 spiro atoms. The summed E-state index contributed by atoms with van der Waals surface area (Å²) in [6, 6.07) is 21.1. The number of anilines is 1. The Bertz CT molecular complexity index is 1810. The molecular weight excluding hydrogens is 595 g/mol. The minimum Gasteiger partial charge on any atom is -0.477 e. The predicted octanol–water partition coefficient (Wildman–Crippen LogP) is 8.33. The topological polar surface area (TPSA) is 102 Å². The Morgan fingerprint density at radius 3 is 2.50 bits per heavy atom. The number of thiophene rings is 1. The highest BCUT2D eigenvalue weighted by atomic mass is 32.1. The normalized spacial score (nSPS) is 15.3. The fourth-order valence-electron chi connectivity index (χ4n) is 5.77. The minimum atomic E-state index is -3.72. The van der Waals surface area contributed by atoms with Crippen LogP contribution < -0.4 is 9.97 Å². The lowest BCUT2D eigenvalue weighted by Gasteiger charge is -2.37. The molecule has 1 N–H and O–H groups in total. The van der Waals surface area contributed by atoms with Crippen LogP contribution in [0.2, 0.25) is 0 Å². The third-order valence-electron chi connectivity index (χ3n) is 7.98. The van der Waals surface area contributed by atoms with Crippen LogP contribution in [0.3, 0.4) is 0 Å². The molecule has 228 valence electrons. The number of hydrogen-bond donors (Lipinski definition) is 1. The van der Waals surface area contributed by atoms with Crippen LogP contribution >= 0.6 is 18.9 Å². The molecule has 8 nitrogen and oxygen atoms in total. The van der Waals surface area contributed by atoms with E-state index in [2.05, 4.69) is 4.98 Å². The Labute approximate surface area is 260 Å². The number of aryl methyl sites for hydroxylation is 2. The number of carbonyl (C=O) groups is 1. The summed E-state index contributed by atoms with van der Waals surface area (Å²) in [6.07, 6.45) is 3.33. The third-order valence-corrected chi connectivity index (χ3v) is 11.9. The number of benzene rings is 2. The van der Waals surface area contributed by atoms with Crippen LogP contribution in [0, 0.1) is 19.8 Å². The first kappa shape index (κ1) is 30.3. The number of pyridine rings is 1. The molecule has 0 amide bonds. The number of carboxylic acid groups (broad SMARTS) is 1. The third kappa shape index (κ3) is 5.97. The number of aromatic nitrogens is 1. The van der Waals surface area contributed by atoms with Crippen molar-refractivity contribution in [3.05, 3.63) is 88.9 Å². The number of carboxylic acids is 1. The van der Waals surface area contributed by atoms with Gasteiger partial charge in [0.05, 0.1) is 17.6 Å². The number of fused-ring (bicyclic) bond motifs is 1. The van der Waals surface area contributed by atoms with Crippen molar-refractivity contribution in [2.75, 3.05) is 31.0 Å². The van der Waals surface area contributed by atoms with Gasteiger partial charge in [0.1, 0.15) is 16.2 Å². The lowest BCUT2D eigenvalue weighted by atomic mass is 10.0. The van der Waals surface area contributed by atoms with E-state index in [4.69, 9.17) is 13.7 Å². The van der Waals surface area contributed by atoms with Crippen molar-refractivity contribution >= 4 is 46.9 Å². The molecule has 1 aliphatic rings. The molecule has 3 aromatic heterocycles. The van der Waals surface area contributed by atoms with Crippen molar-refractivity contribution in [1.29, 1.82) is 0 Å². The Kier molecular flexibility index (Phi) is 8.74. The lowest BCUT2D eigenvalue weighted by molar-refractivity contribution is 0.0683. The zero-order chi connectivity index (χ0) is 30.8. The molecule has 1 fully saturated rings.